The maximum Gasteiger partial charge on any atom is 0.407 e. The van der Waals surface area contributed by atoms with Crippen LogP contribution in [0.25, 0.3) is 11.1 Å². The van der Waals surface area contributed by atoms with Crippen LogP contribution in [0.1, 0.15) is 57.1 Å². The summed E-state index contributed by atoms with van der Waals surface area (Å²) in [6, 6.07) is 15.7. The average Bonchev–Trinajstić information content (AvgIpc) is 3.11. The minimum atomic E-state index is -0.628. The molecule has 1 saturated carbocycles. The van der Waals surface area contributed by atoms with Gasteiger partial charge >= 0.3 is 12.2 Å². The molecule has 186 valence electrons. The van der Waals surface area contributed by atoms with Gasteiger partial charge in [0, 0.05) is 11.8 Å². The SMILES string of the molecule is CC(C)(C)OC(=O)N[C@@H]1C[C@@H](C(N)=S)CC[C@@H]1NC(=O)OCC1c2ccccc2-c2ccccc21. The number of carbonyl (C=O) groups excluding carboxylic acids is 2. The van der Waals surface area contributed by atoms with Gasteiger partial charge in [0.25, 0.3) is 0 Å². The van der Waals surface area contributed by atoms with Gasteiger partial charge in [0.1, 0.15) is 12.2 Å². The monoisotopic (exact) mass is 495 g/mol. The maximum absolute atomic E-state index is 12.8. The fraction of sp³-hybridized carbons (Fsp3) is 0.444. The van der Waals surface area contributed by atoms with E-state index < -0.39 is 17.8 Å². The summed E-state index contributed by atoms with van der Waals surface area (Å²) in [5.41, 5.74) is 9.91. The number of rotatable bonds is 5. The van der Waals surface area contributed by atoms with Crippen molar-refractivity contribution >= 4 is 29.4 Å². The number of amides is 2. The Bertz CT molecular complexity index is 1070. The van der Waals surface area contributed by atoms with Crippen molar-refractivity contribution in [3.8, 4) is 11.1 Å². The number of nitrogens with one attached hydrogen (secondary N) is 2. The quantitative estimate of drug-likeness (QED) is 0.511. The average molecular weight is 496 g/mol. The Morgan fingerprint density at radius 2 is 1.51 bits per heavy atom. The van der Waals surface area contributed by atoms with E-state index in [1.807, 2.05) is 24.3 Å². The van der Waals surface area contributed by atoms with Crippen LogP contribution < -0.4 is 16.4 Å². The van der Waals surface area contributed by atoms with E-state index in [1.54, 1.807) is 20.8 Å². The van der Waals surface area contributed by atoms with Gasteiger partial charge in [-0.25, -0.2) is 9.59 Å². The molecule has 0 radical (unpaired) electrons. The molecule has 0 saturated heterocycles. The molecule has 2 aromatic carbocycles. The second kappa shape index (κ2) is 10.2. The number of nitrogens with two attached hydrogens (primary N) is 1. The molecule has 7 nitrogen and oxygen atoms in total. The van der Waals surface area contributed by atoms with Gasteiger partial charge in [0.2, 0.25) is 0 Å². The summed E-state index contributed by atoms with van der Waals surface area (Å²) in [6.45, 7) is 5.64. The van der Waals surface area contributed by atoms with Crippen LogP contribution in [-0.2, 0) is 9.47 Å². The van der Waals surface area contributed by atoms with Crippen LogP contribution in [0.15, 0.2) is 48.5 Å². The molecular formula is C27H33N3O4S. The Morgan fingerprint density at radius 1 is 0.943 bits per heavy atom. The topological polar surface area (TPSA) is 103 Å². The van der Waals surface area contributed by atoms with Crippen LogP contribution >= 0.6 is 12.2 Å². The van der Waals surface area contributed by atoms with Crippen LogP contribution in [0.4, 0.5) is 9.59 Å². The lowest BCUT2D eigenvalue weighted by atomic mass is 9.82. The van der Waals surface area contributed by atoms with Crippen LogP contribution in [0, 0.1) is 5.92 Å². The molecule has 8 heteroatoms. The van der Waals surface area contributed by atoms with Gasteiger partial charge in [-0.1, -0.05) is 60.7 Å². The molecule has 0 spiro atoms. The van der Waals surface area contributed by atoms with Gasteiger partial charge in [-0.2, -0.15) is 0 Å². The molecule has 2 aliphatic rings. The molecule has 2 aliphatic carbocycles. The minimum Gasteiger partial charge on any atom is -0.449 e. The first-order valence-electron chi connectivity index (χ1n) is 12.0. The fourth-order valence-corrected chi connectivity index (χ4v) is 5.23. The number of ether oxygens (including phenoxy) is 2. The zero-order valence-corrected chi connectivity index (χ0v) is 21.2. The molecule has 3 atom stereocenters. The van der Waals surface area contributed by atoms with E-state index >= 15 is 0 Å². The molecule has 0 aliphatic heterocycles. The third-order valence-electron chi connectivity index (χ3n) is 6.60. The Labute approximate surface area is 211 Å². The lowest BCUT2D eigenvalue weighted by Gasteiger charge is -2.36. The van der Waals surface area contributed by atoms with Crippen LogP contribution in [0.2, 0.25) is 0 Å². The van der Waals surface area contributed by atoms with Gasteiger partial charge in [-0.05, 0) is 62.3 Å². The van der Waals surface area contributed by atoms with Crippen molar-refractivity contribution in [2.45, 2.75) is 63.6 Å². The van der Waals surface area contributed by atoms with Gasteiger partial charge in [0.15, 0.2) is 0 Å². The molecule has 1 fully saturated rings. The molecule has 4 N–H and O–H groups in total. The molecule has 4 rings (SSSR count). The number of hydrogen-bond acceptors (Lipinski definition) is 5. The zero-order valence-electron chi connectivity index (χ0n) is 20.4. The number of fused-ring (bicyclic) bond motifs is 3. The van der Waals surface area contributed by atoms with Gasteiger partial charge in [0.05, 0.1) is 17.1 Å². The van der Waals surface area contributed by atoms with E-state index in [4.69, 9.17) is 27.4 Å². The third-order valence-corrected chi connectivity index (χ3v) is 6.94. The van der Waals surface area contributed by atoms with Crippen molar-refractivity contribution in [3.05, 3.63) is 59.7 Å². The first-order valence-corrected chi connectivity index (χ1v) is 12.4. The highest BCUT2D eigenvalue weighted by molar-refractivity contribution is 7.80. The summed E-state index contributed by atoms with van der Waals surface area (Å²) in [5.74, 6) is -0.0281. The summed E-state index contributed by atoms with van der Waals surface area (Å²) in [6.07, 6.45) is 0.832. The van der Waals surface area contributed by atoms with Crippen molar-refractivity contribution in [1.29, 1.82) is 0 Å². The lowest BCUT2D eigenvalue weighted by Crippen LogP contribution is -2.56. The lowest BCUT2D eigenvalue weighted by molar-refractivity contribution is 0.0470. The summed E-state index contributed by atoms with van der Waals surface area (Å²) >= 11 is 5.19. The van der Waals surface area contributed by atoms with Gasteiger partial charge in [-0.15, -0.1) is 0 Å². The second-order valence-corrected chi connectivity index (χ2v) is 10.7. The molecule has 0 heterocycles. The predicted molar refractivity (Wildman–Crippen MR) is 139 cm³/mol. The maximum atomic E-state index is 12.8. The van der Waals surface area contributed by atoms with E-state index in [-0.39, 0.29) is 30.5 Å². The fourth-order valence-electron chi connectivity index (χ4n) is 5.01. The number of carbonyl (C=O) groups is 2. The van der Waals surface area contributed by atoms with Crippen molar-refractivity contribution < 1.29 is 19.1 Å². The first kappa shape index (κ1) is 25.0. The number of thiocarbonyl (C=S) groups is 1. The number of hydrogen-bond donors (Lipinski definition) is 3. The molecular weight excluding hydrogens is 462 g/mol. The van der Waals surface area contributed by atoms with Crippen LogP contribution in [0.5, 0.6) is 0 Å². The van der Waals surface area contributed by atoms with Crippen molar-refractivity contribution in [2.24, 2.45) is 11.7 Å². The van der Waals surface area contributed by atoms with E-state index in [0.717, 1.165) is 17.5 Å². The van der Waals surface area contributed by atoms with E-state index in [9.17, 15) is 9.59 Å². The number of alkyl carbamates (subject to hydrolysis) is 2. The molecule has 0 unspecified atom stereocenters. The minimum absolute atomic E-state index is 0.00880. The standard InChI is InChI=1S/C27H33N3O4S/c1-27(2,3)34-26(32)30-23-14-16(24(28)35)12-13-22(23)29-25(31)33-15-21-19-10-6-4-8-17(19)18-9-5-7-11-20(18)21/h4-11,16,21-23H,12-15H2,1-3H3,(H2,28,35)(H,29,31)(H,30,32)/t16-,22-,23+/m0/s1. The van der Waals surface area contributed by atoms with Crippen LogP contribution in [-0.4, -0.2) is 41.5 Å². The molecule has 2 amide bonds. The molecule has 2 aromatic rings. The first-order chi connectivity index (χ1) is 16.6. The highest BCUT2D eigenvalue weighted by Gasteiger charge is 2.35. The van der Waals surface area contributed by atoms with E-state index in [1.165, 1.54) is 11.1 Å². The summed E-state index contributed by atoms with van der Waals surface area (Å²) in [4.78, 5) is 25.7. The molecule has 0 bridgehead atoms. The Kier molecular flexibility index (Phi) is 7.31. The Hall–Kier alpha value is -3.13. The summed E-state index contributed by atoms with van der Waals surface area (Å²) in [5, 5.41) is 5.85. The zero-order chi connectivity index (χ0) is 25.2. The van der Waals surface area contributed by atoms with Crippen molar-refractivity contribution in [3.63, 3.8) is 0 Å². The highest BCUT2D eigenvalue weighted by Crippen LogP contribution is 2.44. The smallest absolute Gasteiger partial charge is 0.407 e. The van der Waals surface area contributed by atoms with Crippen LogP contribution in [0.3, 0.4) is 0 Å². The Balaban J connectivity index is 1.40. The summed E-state index contributed by atoms with van der Waals surface area (Å²) in [7, 11) is 0. The highest BCUT2D eigenvalue weighted by atomic mass is 32.1. The van der Waals surface area contributed by atoms with E-state index in [0.29, 0.717) is 17.8 Å². The summed E-state index contributed by atoms with van der Waals surface area (Å²) < 4.78 is 11.1. The predicted octanol–water partition coefficient (Wildman–Crippen LogP) is 4.87. The molecule has 35 heavy (non-hydrogen) atoms. The molecule has 0 aromatic heterocycles. The second-order valence-electron chi connectivity index (χ2n) is 10.2. The van der Waals surface area contributed by atoms with E-state index in [2.05, 4.69) is 34.9 Å². The largest absolute Gasteiger partial charge is 0.449 e. The van der Waals surface area contributed by atoms with Crippen molar-refractivity contribution in [1.82, 2.24) is 10.6 Å². The van der Waals surface area contributed by atoms with Crippen molar-refractivity contribution in [2.75, 3.05) is 6.61 Å². The normalized spacial score (nSPS) is 21.4. The number of benzene rings is 2. The van der Waals surface area contributed by atoms with Gasteiger partial charge < -0.3 is 25.8 Å². The Morgan fingerprint density at radius 3 is 2.09 bits per heavy atom. The van der Waals surface area contributed by atoms with Gasteiger partial charge in [-0.3, -0.25) is 0 Å². The third kappa shape index (κ3) is 5.93.